The molecule has 0 radical (unpaired) electrons. The molecule has 1 aromatic heterocycles. The maximum Gasteiger partial charge on any atom is 0.307 e. The lowest BCUT2D eigenvalue weighted by Crippen LogP contribution is -2.36. The van der Waals surface area contributed by atoms with E-state index in [-0.39, 0.29) is 5.91 Å². The molecule has 1 aliphatic carbocycles. The second-order valence-electron chi connectivity index (χ2n) is 7.30. The largest absolute Gasteiger partial charge is 0.481 e. The molecule has 0 bridgehead atoms. The Morgan fingerprint density at radius 3 is 2.22 bits per heavy atom. The van der Waals surface area contributed by atoms with Crippen LogP contribution in [0.2, 0.25) is 0 Å². The van der Waals surface area contributed by atoms with Crippen LogP contribution >= 0.6 is 11.3 Å². The SMILES string of the molecule is CC1=C(C)C[C@@H](C(=O)Nc2nc(-c3ccc(C)cc3)c(C)s2)[C@@H](C(=O)O)C1. The third-order valence-corrected chi connectivity index (χ3v) is 6.16. The van der Waals surface area contributed by atoms with Crippen LogP contribution in [0, 0.1) is 25.7 Å². The number of aryl methyl sites for hydroxylation is 2. The zero-order valence-corrected chi connectivity index (χ0v) is 16.8. The van der Waals surface area contributed by atoms with Gasteiger partial charge < -0.3 is 10.4 Å². The van der Waals surface area contributed by atoms with Gasteiger partial charge in [0.2, 0.25) is 5.91 Å². The number of hydrogen-bond donors (Lipinski definition) is 2. The molecule has 0 unspecified atom stereocenters. The van der Waals surface area contributed by atoms with Gasteiger partial charge in [0.1, 0.15) is 0 Å². The first-order valence-corrected chi connectivity index (χ1v) is 9.81. The Morgan fingerprint density at radius 1 is 1.04 bits per heavy atom. The van der Waals surface area contributed by atoms with Gasteiger partial charge in [-0.25, -0.2) is 4.98 Å². The number of benzene rings is 1. The molecule has 3 rings (SSSR count). The number of nitrogens with zero attached hydrogens (tertiary/aromatic N) is 1. The van der Waals surface area contributed by atoms with Crippen LogP contribution in [0.15, 0.2) is 35.4 Å². The number of carbonyl (C=O) groups excluding carboxylic acids is 1. The van der Waals surface area contributed by atoms with Crippen LogP contribution in [-0.4, -0.2) is 22.0 Å². The van der Waals surface area contributed by atoms with Gasteiger partial charge in [-0.2, -0.15) is 0 Å². The molecule has 0 aliphatic heterocycles. The minimum absolute atomic E-state index is 0.265. The predicted molar refractivity (Wildman–Crippen MR) is 108 cm³/mol. The maximum absolute atomic E-state index is 12.8. The van der Waals surface area contributed by atoms with E-state index in [9.17, 15) is 14.7 Å². The van der Waals surface area contributed by atoms with Crippen molar-refractivity contribution in [2.45, 2.75) is 40.5 Å². The summed E-state index contributed by atoms with van der Waals surface area (Å²) in [5.74, 6) is -2.44. The van der Waals surface area contributed by atoms with Crippen molar-refractivity contribution in [1.82, 2.24) is 4.98 Å². The zero-order valence-electron chi connectivity index (χ0n) is 16.0. The fraction of sp³-hybridized carbons (Fsp3) is 0.381. The molecule has 1 amide bonds. The summed E-state index contributed by atoms with van der Waals surface area (Å²) in [5.41, 5.74) is 5.20. The summed E-state index contributed by atoms with van der Waals surface area (Å²) in [5, 5.41) is 12.9. The quantitative estimate of drug-likeness (QED) is 0.741. The van der Waals surface area contributed by atoms with Gasteiger partial charge in [0.05, 0.1) is 17.5 Å². The first kappa shape index (κ1) is 19.3. The van der Waals surface area contributed by atoms with Gasteiger partial charge in [-0.3, -0.25) is 9.59 Å². The molecule has 2 aromatic rings. The highest BCUT2D eigenvalue weighted by molar-refractivity contribution is 7.16. The van der Waals surface area contributed by atoms with Crippen molar-refractivity contribution < 1.29 is 14.7 Å². The molecule has 6 heteroatoms. The molecule has 1 aliphatic rings. The molecule has 2 atom stereocenters. The number of carbonyl (C=O) groups is 2. The van der Waals surface area contributed by atoms with Crippen LogP contribution < -0.4 is 5.32 Å². The molecule has 0 saturated heterocycles. The number of carboxylic acid groups (broad SMARTS) is 1. The van der Waals surface area contributed by atoms with Gasteiger partial charge in [-0.1, -0.05) is 41.0 Å². The highest BCUT2D eigenvalue weighted by Crippen LogP contribution is 2.36. The van der Waals surface area contributed by atoms with E-state index >= 15 is 0 Å². The number of rotatable bonds is 4. The number of carboxylic acids is 1. The molecule has 2 N–H and O–H groups in total. The summed E-state index contributed by atoms with van der Waals surface area (Å²) in [7, 11) is 0. The smallest absolute Gasteiger partial charge is 0.307 e. The third-order valence-electron chi connectivity index (χ3n) is 5.27. The zero-order chi connectivity index (χ0) is 19.7. The van der Waals surface area contributed by atoms with Crippen LogP contribution in [0.5, 0.6) is 0 Å². The number of thiazole rings is 1. The van der Waals surface area contributed by atoms with E-state index < -0.39 is 17.8 Å². The van der Waals surface area contributed by atoms with E-state index in [1.54, 1.807) is 0 Å². The highest BCUT2D eigenvalue weighted by Gasteiger charge is 2.37. The second kappa shape index (κ2) is 7.64. The number of aliphatic carboxylic acids is 1. The van der Waals surface area contributed by atoms with Crippen LogP contribution in [0.3, 0.4) is 0 Å². The summed E-state index contributed by atoms with van der Waals surface area (Å²) in [4.78, 5) is 30.0. The van der Waals surface area contributed by atoms with Crippen LogP contribution in [0.25, 0.3) is 11.3 Å². The Morgan fingerprint density at radius 2 is 1.63 bits per heavy atom. The first-order chi connectivity index (χ1) is 12.8. The number of hydrogen-bond acceptors (Lipinski definition) is 4. The Hall–Kier alpha value is -2.47. The molecule has 142 valence electrons. The average Bonchev–Trinajstić information content (AvgIpc) is 2.97. The Kier molecular flexibility index (Phi) is 5.46. The number of amides is 1. The first-order valence-electron chi connectivity index (χ1n) is 8.99. The highest BCUT2D eigenvalue weighted by atomic mass is 32.1. The van der Waals surface area contributed by atoms with Crippen molar-refractivity contribution in [2.75, 3.05) is 5.32 Å². The van der Waals surface area contributed by atoms with E-state index in [1.807, 2.05) is 52.0 Å². The number of anilines is 1. The van der Waals surface area contributed by atoms with Crippen molar-refractivity contribution in [3.05, 3.63) is 45.9 Å². The summed E-state index contributed by atoms with van der Waals surface area (Å²) in [6, 6.07) is 8.09. The molecule has 0 fully saturated rings. The van der Waals surface area contributed by atoms with E-state index in [4.69, 9.17) is 0 Å². The second-order valence-corrected chi connectivity index (χ2v) is 8.50. The van der Waals surface area contributed by atoms with E-state index in [2.05, 4.69) is 10.3 Å². The lowest BCUT2D eigenvalue weighted by molar-refractivity contribution is -0.146. The monoisotopic (exact) mass is 384 g/mol. The van der Waals surface area contributed by atoms with E-state index in [0.717, 1.165) is 27.3 Å². The molecule has 5 nitrogen and oxygen atoms in total. The lowest BCUT2D eigenvalue weighted by atomic mass is 9.76. The minimum atomic E-state index is -0.919. The Balaban J connectivity index is 1.81. The molecular formula is C21H24N2O3S. The van der Waals surface area contributed by atoms with E-state index in [1.165, 1.54) is 16.9 Å². The number of allylic oxidation sites excluding steroid dienone is 2. The molecule has 1 aromatic carbocycles. The summed E-state index contributed by atoms with van der Waals surface area (Å²) >= 11 is 1.41. The standard InChI is InChI=1S/C21H24N2O3S/c1-11-5-7-15(8-6-11)18-14(4)27-21(22-18)23-19(24)16-9-12(2)13(3)10-17(16)20(25)26/h5-8,16-17H,9-10H2,1-4H3,(H,25,26)(H,22,23,24)/t16-,17+/m1/s1. The molecule has 0 saturated carbocycles. The fourth-order valence-corrected chi connectivity index (χ4v) is 4.29. The number of nitrogens with one attached hydrogen (secondary N) is 1. The summed E-state index contributed by atoms with van der Waals surface area (Å²) in [6.07, 6.45) is 0.897. The number of aromatic nitrogens is 1. The van der Waals surface area contributed by atoms with Crippen LogP contribution in [0.4, 0.5) is 5.13 Å². The predicted octanol–water partition coefficient (Wildman–Crippen LogP) is 4.81. The van der Waals surface area contributed by atoms with Gasteiger partial charge in [-0.05, 0) is 40.5 Å². The molecule has 0 spiro atoms. The van der Waals surface area contributed by atoms with Gasteiger partial charge >= 0.3 is 5.97 Å². The van der Waals surface area contributed by atoms with Crippen molar-refractivity contribution >= 4 is 28.3 Å². The summed E-state index contributed by atoms with van der Waals surface area (Å²) < 4.78 is 0. The van der Waals surface area contributed by atoms with Crippen molar-refractivity contribution in [3.8, 4) is 11.3 Å². The van der Waals surface area contributed by atoms with Crippen LogP contribution in [0.1, 0.15) is 37.1 Å². The van der Waals surface area contributed by atoms with Gasteiger partial charge in [0.25, 0.3) is 0 Å². The maximum atomic E-state index is 12.8. The van der Waals surface area contributed by atoms with Crippen molar-refractivity contribution in [3.63, 3.8) is 0 Å². The minimum Gasteiger partial charge on any atom is -0.481 e. The Bertz CT molecular complexity index is 912. The topological polar surface area (TPSA) is 79.3 Å². The van der Waals surface area contributed by atoms with Crippen molar-refractivity contribution in [2.24, 2.45) is 11.8 Å². The average molecular weight is 385 g/mol. The third kappa shape index (κ3) is 4.11. The molecular weight excluding hydrogens is 360 g/mol. The fourth-order valence-electron chi connectivity index (χ4n) is 3.45. The molecule has 27 heavy (non-hydrogen) atoms. The van der Waals surface area contributed by atoms with Gasteiger partial charge in [0, 0.05) is 10.4 Å². The summed E-state index contributed by atoms with van der Waals surface area (Å²) in [6.45, 7) is 7.91. The van der Waals surface area contributed by atoms with Crippen molar-refractivity contribution in [1.29, 1.82) is 0 Å². The van der Waals surface area contributed by atoms with Gasteiger partial charge in [0.15, 0.2) is 5.13 Å². The molecule has 1 heterocycles. The van der Waals surface area contributed by atoms with Gasteiger partial charge in [-0.15, -0.1) is 11.3 Å². The normalized spacial score (nSPS) is 19.9. The van der Waals surface area contributed by atoms with E-state index in [0.29, 0.717) is 18.0 Å². The lowest BCUT2D eigenvalue weighted by Gasteiger charge is -2.29. The van der Waals surface area contributed by atoms with Crippen LogP contribution in [-0.2, 0) is 9.59 Å². The Labute approximate surface area is 163 Å².